The number of rotatable bonds is 6. The van der Waals surface area contributed by atoms with E-state index < -0.39 is 0 Å². The normalized spacial score (nSPS) is 10.6. The van der Waals surface area contributed by atoms with E-state index in [1.807, 2.05) is 5.38 Å². The quantitative estimate of drug-likeness (QED) is 0.591. The molecule has 3 nitrogen and oxygen atoms in total. The molecule has 0 saturated carbocycles. The van der Waals surface area contributed by atoms with E-state index in [-0.39, 0.29) is 11.7 Å². The lowest BCUT2D eigenvalue weighted by molar-refractivity contribution is 0.102. The maximum absolute atomic E-state index is 12.9. The summed E-state index contributed by atoms with van der Waals surface area (Å²) in [7, 11) is 0. The van der Waals surface area contributed by atoms with E-state index in [0.29, 0.717) is 15.7 Å². The van der Waals surface area contributed by atoms with Crippen molar-refractivity contribution in [1.29, 1.82) is 0 Å². The molecule has 1 amide bonds. The molecule has 0 radical (unpaired) electrons. The van der Waals surface area contributed by atoms with Gasteiger partial charge in [-0.05, 0) is 35.9 Å². The van der Waals surface area contributed by atoms with Crippen molar-refractivity contribution < 1.29 is 9.18 Å². The Bertz CT molecular complexity index is 868. The van der Waals surface area contributed by atoms with Crippen molar-refractivity contribution in [3.05, 3.63) is 81.6 Å². The molecule has 0 spiro atoms. The summed E-state index contributed by atoms with van der Waals surface area (Å²) in [6.07, 6.45) is 0. The second kappa shape index (κ2) is 8.47. The van der Waals surface area contributed by atoms with Gasteiger partial charge in [-0.15, -0.1) is 11.3 Å². The van der Waals surface area contributed by atoms with E-state index in [1.165, 1.54) is 23.5 Å². The van der Waals surface area contributed by atoms with Crippen molar-refractivity contribution in [3.63, 3.8) is 0 Å². The zero-order valence-corrected chi connectivity index (χ0v) is 15.4. The summed E-state index contributed by atoms with van der Waals surface area (Å²) in [5.74, 6) is 1.04. The van der Waals surface area contributed by atoms with Gasteiger partial charge in [0.05, 0.1) is 5.69 Å². The molecule has 1 N–H and O–H groups in total. The maximum Gasteiger partial charge on any atom is 0.257 e. The van der Waals surface area contributed by atoms with Crippen LogP contribution in [0, 0.1) is 5.82 Å². The van der Waals surface area contributed by atoms with Gasteiger partial charge < -0.3 is 0 Å². The first-order valence-electron chi connectivity index (χ1n) is 7.43. The number of aromatic nitrogens is 1. The van der Waals surface area contributed by atoms with Crippen molar-refractivity contribution in [2.45, 2.75) is 11.5 Å². The van der Waals surface area contributed by atoms with Gasteiger partial charge in [-0.3, -0.25) is 10.1 Å². The van der Waals surface area contributed by atoms with Crippen LogP contribution in [0.1, 0.15) is 21.6 Å². The number of benzene rings is 2. The van der Waals surface area contributed by atoms with Crippen LogP contribution in [0.25, 0.3) is 0 Å². The summed E-state index contributed by atoms with van der Waals surface area (Å²) in [4.78, 5) is 16.6. The van der Waals surface area contributed by atoms with E-state index in [0.717, 1.165) is 22.8 Å². The summed E-state index contributed by atoms with van der Waals surface area (Å²) in [6, 6.07) is 13.2. The number of nitrogens with one attached hydrogen (secondary N) is 1. The zero-order chi connectivity index (χ0) is 17.6. The van der Waals surface area contributed by atoms with Crippen molar-refractivity contribution in [1.82, 2.24) is 4.98 Å². The van der Waals surface area contributed by atoms with E-state index >= 15 is 0 Å². The van der Waals surface area contributed by atoms with E-state index in [2.05, 4.69) is 10.3 Å². The number of anilines is 1. The second-order valence-electron chi connectivity index (χ2n) is 5.23. The second-order valence-corrected chi connectivity index (χ2v) is 7.51. The number of carbonyl (C=O) groups excluding carboxylic acids is 1. The molecule has 0 saturated heterocycles. The van der Waals surface area contributed by atoms with E-state index in [1.54, 1.807) is 48.2 Å². The number of hydrogen-bond donors (Lipinski definition) is 1. The molecule has 0 atom stereocenters. The van der Waals surface area contributed by atoms with Crippen molar-refractivity contribution >= 4 is 45.7 Å². The Labute approximate surface area is 158 Å². The topological polar surface area (TPSA) is 42.0 Å². The largest absolute Gasteiger partial charge is 0.298 e. The highest BCUT2D eigenvalue weighted by molar-refractivity contribution is 7.97. The summed E-state index contributed by atoms with van der Waals surface area (Å²) in [6.45, 7) is 0. The number of halogens is 2. The maximum atomic E-state index is 12.9. The highest BCUT2D eigenvalue weighted by atomic mass is 35.5. The SMILES string of the molecule is O=C(Nc1nc(CSCc2ccc(F)cc2)cs1)c1cccc(Cl)c1. The van der Waals surface area contributed by atoms with Gasteiger partial charge >= 0.3 is 0 Å². The van der Waals surface area contributed by atoms with Crippen molar-refractivity contribution in [2.75, 3.05) is 5.32 Å². The first-order chi connectivity index (χ1) is 12.1. The van der Waals surface area contributed by atoms with Gasteiger partial charge in [0.2, 0.25) is 0 Å². The van der Waals surface area contributed by atoms with Crippen LogP contribution in [0.4, 0.5) is 9.52 Å². The third-order valence-corrected chi connectivity index (χ3v) is 5.37. The molecule has 0 aliphatic rings. The Hall–Kier alpha value is -1.89. The minimum atomic E-state index is -0.234. The highest BCUT2D eigenvalue weighted by Crippen LogP contribution is 2.23. The van der Waals surface area contributed by atoms with Crippen LogP contribution in [0.5, 0.6) is 0 Å². The van der Waals surface area contributed by atoms with Crippen LogP contribution < -0.4 is 5.32 Å². The average molecular weight is 393 g/mol. The molecule has 0 fully saturated rings. The third kappa shape index (κ3) is 5.29. The Morgan fingerprint density at radius 3 is 2.76 bits per heavy atom. The first kappa shape index (κ1) is 17.9. The van der Waals surface area contributed by atoms with Crippen molar-refractivity contribution in [3.8, 4) is 0 Å². The van der Waals surface area contributed by atoms with Gasteiger partial charge in [0.1, 0.15) is 5.82 Å². The average Bonchev–Trinajstić information content (AvgIpc) is 3.04. The standard InChI is InChI=1S/C18H14ClFN2OS2/c19-14-3-1-2-13(8-14)17(23)22-18-21-16(11-25-18)10-24-9-12-4-6-15(20)7-5-12/h1-8,11H,9-10H2,(H,21,22,23). The molecular weight excluding hydrogens is 379 g/mol. The summed E-state index contributed by atoms with van der Waals surface area (Å²) < 4.78 is 12.9. The Balaban J connectivity index is 1.52. The molecule has 128 valence electrons. The number of nitrogens with zero attached hydrogens (tertiary/aromatic N) is 1. The number of amides is 1. The predicted octanol–water partition coefficient (Wildman–Crippen LogP) is 5.62. The van der Waals surface area contributed by atoms with Gasteiger partial charge in [-0.1, -0.05) is 29.8 Å². The van der Waals surface area contributed by atoms with Gasteiger partial charge in [0, 0.05) is 27.5 Å². The lowest BCUT2D eigenvalue weighted by atomic mass is 10.2. The van der Waals surface area contributed by atoms with Crippen molar-refractivity contribution in [2.24, 2.45) is 0 Å². The Morgan fingerprint density at radius 1 is 1.20 bits per heavy atom. The van der Waals surface area contributed by atoms with Gasteiger partial charge in [0.15, 0.2) is 5.13 Å². The third-order valence-electron chi connectivity index (χ3n) is 3.29. The van der Waals surface area contributed by atoms with Crippen LogP contribution >= 0.6 is 34.7 Å². The molecule has 0 aliphatic carbocycles. The fourth-order valence-electron chi connectivity index (χ4n) is 2.08. The monoisotopic (exact) mass is 392 g/mol. The smallest absolute Gasteiger partial charge is 0.257 e. The molecule has 25 heavy (non-hydrogen) atoms. The number of thioether (sulfide) groups is 1. The van der Waals surface area contributed by atoms with Crippen LogP contribution in [-0.4, -0.2) is 10.9 Å². The lowest BCUT2D eigenvalue weighted by Crippen LogP contribution is -2.11. The minimum Gasteiger partial charge on any atom is -0.298 e. The number of carbonyl (C=O) groups is 1. The van der Waals surface area contributed by atoms with Gasteiger partial charge in [0.25, 0.3) is 5.91 Å². The van der Waals surface area contributed by atoms with Crippen LogP contribution in [0.15, 0.2) is 53.9 Å². The van der Waals surface area contributed by atoms with E-state index in [9.17, 15) is 9.18 Å². The van der Waals surface area contributed by atoms with E-state index in [4.69, 9.17) is 11.6 Å². The molecule has 0 bridgehead atoms. The summed E-state index contributed by atoms with van der Waals surface area (Å²) >= 11 is 8.97. The Kier molecular flexibility index (Phi) is 6.07. The molecule has 1 heterocycles. The first-order valence-corrected chi connectivity index (χ1v) is 9.85. The van der Waals surface area contributed by atoms with Crippen LogP contribution in [0.3, 0.4) is 0 Å². The molecule has 0 unspecified atom stereocenters. The molecule has 1 aromatic heterocycles. The predicted molar refractivity (Wildman–Crippen MR) is 103 cm³/mol. The summed E-state index contributed by atoms with van der Waals surface area (Å²) in [5, 5.41) is 5.78. The number of thiazole rings is 1. The summed E-state index contributed by atoms with van der Waals surface area (Å²) in [5.41, 5.74) is 2.46. The van der Waals surface area contributed by atoms with Gasteiger partial charge in [-0.2, -0.15) is 11.8 Å². The fourth-order valence-corrected chi connectivity index (χ4v) is 3.97. The molecule has 2 aromatic carbocycles. The molecular formula is C18H14ClFN2OS2. The molecule has 3 rings (SSSR count). The highest BCUT2D eigenvalue weighted by Gasteiger charge is 2.09. The molecule has 7 heteroatoms. The minimum absolute atomic E-state index is 0.228. The Morgan fingerprint density at radius 2 is 2.00 bits per heavy atom. The van der Waals surface area contributed by atoms with Gasteiger partial charge in [-0.25, -0.2) is 9.37 Å². The molecule has 3 aromatic rings. The lowest BCUT2D eigenvalue weighted by Gasteiger charge is -2.02. The van der Waals surface area contributed by atoms with Crippen LogP contribution in [0.2, 0.25) is 5.02 Å². The zero-order valence-electron chi connectivity index (χ0n) is 13.0. The number of hydrogen-bond acceptors (Lipinski definition) is 4. The fraction of sp³-hybridized carbons (Fsp3) is 0.111. The molecule has 0 aliphatic heterocycles. The van der Waals surface area contributed by atoms with Crippen LogP contribution in [-0.2, 0) is 11.5 Å².